The second-order valence-corrected chi connectivity index (χ2v) is 2.92. The summed E-state index contributed by atoms with van der Waals surface area (Å²) < 4.78 is 5.63. The Morgan fingerprint density at radius 3 is 2.79 bits per heavy atom. The van der Waals surface area contributed by atoms with Crippen LogP contribution in [0.3, 0.4) is 0 Å². The summed E-state index contributed by atoms with van der Waals surface area (Å²) in [6, 6.07) is 9.72. The lowest BCUT2D eigenvalue weighted by atomic mass is 10.3. The van der Waals surface area contributed by atoms with E-state index in [1.54, 1.807) is 6.21 Å². The first-order valence-electron chi connectivity index (χ1n) is 4.54. The highest BCUT2D eigenvalue weighted by Crippen LogP contribution is 2.13. The molecule has 0 atom stereocenters. The normalized spacial score (nSPS) is 14.7. The Kier molecular flexibility index (Phi) is 2.76. The zero-order chi connectivity index (χ0) is 9.64. The van der Waals surface area contributed by atoms with E-state index < -0.39 is 0 Å². The molecule has 0 saturated carbocycles. The van der Waals surface area contributed by atoms with Crippen molar-refractivity contribution in [2.45, 2.75) is 0 Å². The third kappa shape index (κ3) is 2.33. The molecule has 0 N–H and O–H groups in total. The summed E-state index contributed by atoms with van der Waals surface area (Å²) in [6.07, 6.45) is 7.52. The first-order chi connectivity index (χ1) is 6.95. The monoisotopic (exact) mass is 185 g/mol. The first-order valence-corrected chi connectivity index (χ1v) is 4.54. The molecule has 2 nitrogen and oxygen atoms in total. The fourth-order valence-corrected chi connectivity index (χ4v) is 1.18. The minimum atomic E-state index is 0.599. The van der Waals surface area contributed by atoms with Crippen LogP contribution in [0, 0.1) is 0 Å². The van der Waals surface area contributed by atoms with Gasteiger partial charge in [-0.25, -0.2) is 0 Å². The van der Waals surface area contributed by atoms with Gasteiger partial charge in [-0.2, -0.15) is 0 Å². The molecule has 14 heavy (non-hydrogen) atoms. The van der Waals surface area contributed by atoms with Crippen LogP contribution in [-0.4, -0.2) is 12.8 Å². The van der Waals surface area contributed by atoms with Crippen LogP contribution in [0.1, 0.15) is 0 Å². The van der Waals surface area contributed by atoms with E-state index in [9.17, 15) is 0 Å². The van der Waals surface area contributed by atoms with Crippen molar-refractivity contribution in [2.24, 2.45) is 4.99 Å². The summed E-state index contributed by atoms with van der Waals surface area (Å²) in [5.41, 5.74) is 0. The SMILES string of the molecule is C1=CC=C(Oc2ccccc2)CN=C1. The maximum Gasteiger partial charge on any atom is 0.127 e. The molecule has 0 bridgehead atoms. The summed E-state index contributed by atoms with van der Waals surface area (Å²) in [5.74, 6) is 1.71. The minimum Gasteiger partial charge on any atom is -0.460 e. The third-order valence-corrected chi connectivity index (χ3v) is 1.82. The average molecular weight is 185 g/mol. The quantitative estimate of drug-likeness (QED) is 0.694. The molecular formula is C12H11NO. The Morgan fingerprint density at radius 1 is 1.07 bits per heavy atom. The number of ether oxygens (including phenoxy) is 1. The molecule has 70 valence electrons. The van der Waals surface area contributed by atoms with E-state index in [2.05, 4.69) is 4.99 Å². The Balaban J connectivity index is 2.08. The predicted octanol–water partition coefficient (Wildman–Crippen LogP) is 2.59. The van der Waals surface area contributed by atoms with Gasteiger partial charge >= 0.3 is 0 Å². The molecule has 0 fully saturated rings. The van der Waals surface area contributed by atoms with E-state index >= 15 is 0 Å². The number of hydrogen-bond donors (Lipinski definition) is 0. The van der Waals surface area contributed by atoms with Gasteiger partial charge in [0.2, 0.25) is 0 Å². The highest BCUT2D eigenvalue weighted by atomic mass is 16.5. The van der Waals surface area contributed by atoms with E-state index in [1.165, 1.54) is 0 Å². The maximum absolute atomic E-state index is 5.63. The number of hydrogen-bond acceptors (Lipinski definition) is 2. The molecule has 0 aliphatic carbocycles. The Bertz CT molecular complexity index is 377. The highest BCUT2D eigenvalue weighted by molar-refractivity contribution is 5.72. The van der Waals surface area contributed by atoms with Crippen molar-refractivity contribution in [3.05, 3.63) is 54.3 Å². The summed E-state index contributed by atoms with van der Waals surface area (Å²) in [5, 5.41) is 0. The van der Waals surface area contributed by atoms with Crippen molar-refractivity contribution in [1.82, 2.24) is 0 Å². The number of para-hydroxylation sites is 1. The summed E-state index contributed by atoms with van der Waals surface area (Å²) in [7, 11) is 0. The Labute approximate surface area is 83.2 Å². The molecule has 1 heterocycles. The second-order valence-electron chi connectivity index (χ2n) is 2.92. The largest absolute Gasteiger partial charge is 0.460 e. The molecule has 0 aromatic heterocycles. The van der Waals surface area contributed by atoms with Crippen molar-refractivity contribution in [3.63, 3.8) is 0 Å². The van der Waals surface area contributed by atoms with Crippen molar-refractivity contribution in [3.8, 4) is 5.75 Å². The van der Waals surface area contributed by atoms with E-state index in [0.717, 1.165) is 11.5 Å². The van der Waals surface area contributed by atoms with Crippen molar-refractivity contribution in [1.29, 1.82) is 0 Å². The van der Waals surface area contributed by atoms with Crippen LogP contribution in [0.5, 0.6) is 5.75 Å². The number of allylic oxidation sites excluding steroid dienone is 3. The number of aliphatic imine (C=N–C) groups is 1. The van der Waals surface area contributed by atoms with Crippen LogP contribution in [0.25, 0.3) is 0 Å². The van der Waals surface area contributed by atoms with Gasteiger partial charge in [-0.1, -0.05) is 24.3 Å². The fourth-order valence-electron chi connectivity index (χ4n) is 1.18. The van der Waals surface area contributed by atoms with Gasteiger partial charge in [0.1, 0.15) is 11.5 Å². The van der Waals surface area contributed by atoms with E-state index in [-0.39, 0.29) is 0 Å². The molecule has 0 amide bonds. The molecule has 0 radical (unpaired) electrons. The van der Waals surface area contributed by atoms with Gasteiger partial charge in [-0.3, -0.25) is 4.99 Å². The van der Waals surface area contributed by atoms with Gasteiger partial charge in [-0.15, -0.1) is 0 Å². The van der Waals surface area contributed by atoms with E-state index in [1.807, 2.05) is 48.6 Å². The molecule has 0 unspecified atom stereocenters. The summed E-state index contributed by atoms with van der Waals surface area (Å²) in [6.45, 7) is 0.599. The molecule has 1 aliphatic rings. The molecule has 2 rings (SSSR count). The van der Waals surface area contributed by atoms with Crippen LogP contribution < -0.4 is 4.74 Å². The number of rotatable bonds is 2. The number of benzene rings is 1. The standard InChI is InChI=1S/C12H11NO/c1-2-6-11(7-3-1)14-12-8-4-5-9-13-10-12/h1-9H,10H2. The van der Waals surface area contributed by atoms with Gasteiger partial charge < -0.3 is 4.74 Å². The lowest BCUT2D eigenvalue weighted by molar-refractivity contribution is 0.419. The smallest absolute Gasteiger partial charge is 0.127 e. The Morgan fingerprint density at radius 2 is 1.93 bits per heavy atom. The van der Waals surface area contributed by atoms with Crippen molar-refractivity contribution < 1.29 is 4.74 Å². The molecule has 1 aromatic rings. The van der Waals surface area contributed by atoms with Crippen LogP contribution in [0.4, 0.5) is 0 Å². The first kappa shape index (κ1) is 8.75. The second kappa shape index (κ2) is 4.42. The molecule has 2 heteroatoms. The van der Waals surface area contributed by atoms with Gasteiger partial charge in [0.25, 0.3) is 0 Å². The summed E-state index contributed by atoms with van der Waals surface area (Å²) >= 11 is 0. The maximum atomic E-state index is 5.63. The van der Waals surface area contributed by atoms with Gasteiger partial charge in [0.15, 0.2) is 0 Å². The highest BCUT2D eigenvalue weighted by Gasteiger charge is 1.98. The number of nitrogens with zero attached hydrogens (tertiary/aromatic N) is 1. The van der Waals surface area contributed by atoms with E-state index in [0.29, 0.717) is 6.54 Å². The van der Waals surface area contributed by atoms with E-state index in [4.69, 9.17) is 4.74 Å². The zero-order valence-electron chi connectivity index (χ0n) is 7.76. The average Bonchev–Trinajstić information content (AvgIpc) is 2.48. The molecule has 0 spiro atoms. The van der Waals surface area contributed by atoms with Gasteiger partial charge in [0, 0.05) is 6.21 Å². The minimum absolute atomic E-state index is 0.599. The molecule has 1 aromatic carbocycles. The van der Waals surface area contributed by atoms with Crippen LogP contribution in [0.2, 0.25) is 0 Å². The van der Waals surface area contributed by atoms with Crippen LogP contribution in [-0.2, 0) is 0 Å². The Hall–Kier alpha value is -1.83. The lowest BCUT2D eigenvalue weighted by Crippen LogP contribution is -1.98. The molecule has 1 aliphatic heterocycles. The van der Waals surface area contributed by atoms with Crippen molar-refractivity contribution in [2.75, 3.05) is 6.54 Å². The van der Waals surface area contributed by atoms with Gasteiger partial charge in [-0.05, 0) is 24.3 Å². The summed E-state index contributed by atoms with van der Waals surface area (Å²) in [4.78, 5) is 4.14. The predicted molar refractivity (Wildman–Crippen MR) is 57.7 cm³/mol. The van der Waals surface area contributed by atoms with Crippen LogP contribution >= 0.6 is 0 Å². The third-order valence-electron chi connectivity index (χ3n) is 1.82. The topological polar surface area (TPSA) is 21.6 Å². The van der Waals surface area contributed by atoms with Gasteiger partial charge in [0.05, 0.1) is 6.54 Å². The molecule has 0 saturated heterocycles. The molecular weight excluding hydrogens is 174 g/mol. The lowest BCUT2D eigenvalue weighted by Gasteiger charge is -2.06. The fraction of sp³-hybridized carbons (Fsp3) is 0.0833. The van der Waals surface area contributed by atoms with Crippen molar-refractivity contribution >= 4 is 6.21 Å². The van der Waals surface area contributed by atoms with Crippen LogP contribution in [0.15, 0.2) is 59.3 Å². The zero-order valence-corrected chi connectivity index (χ0v) is 7.76.